The molecule has 0 saturated carbocycles. The first kappa shape index (κ1) is 11.5. The SMILES string of the molecule is COCCN(C)c1ccccc1C(=O)O. The summed E-state index contributed by atoms with van der Waals surface area (Å²) in [6.07, 6.45) is 0. The number of carbonyl (C=O) groups is 1. The molecule has 1 rings (SSSR count). The maximum Gasteiger partial charge on any atom is 0.337 e. The van der Waals surface area contributed by atoms with Gasteiger partial charge in [-0.2, -0.15) is 0 Å². The fourth-order valence-corrected chi connectivity index (χ4v) is 1.34. The molecular weight excluding hydrogens is 194 g/mol. The number of para-hydroxylation sites is 1. The predicted octanol–water partition coefficient (Wildman–Crippen LogP) is 1.47. The lowest BCUT2D eigenvalue weighted by atomic mass is 10.1. The maximum absolute atomic E-state index is 10.9. The highest BCUT2D eigenvalue weighted by Gasteiger charge is 2.11. The van der Waals surface area contributed by atoms with Crippen LogP contribution in [0, 0.1) is 0 Å². The van der Waals surface area contributed by atoms with Gasteiger partial charge in [0.1, 0.15) is 0 Å². The molecule has 82 valence electrons. The largest absolute Gasteiger partial charge is 0.478 e. The number of carboxylic acid groups (broad SMARTS) is 1. The molecule has 4 nitrogen and oxygen atoms in total. The van der Waals surface area contributed by atoms with Crippen LogP contribution >= 0.6 is 0 Å². The van der Waals surface area contributed by atoms with Crippen molar-refractivity contribution < 1.29 is 14.6 Å². The van der Waals surface area contributed by atoms with Gasteiger partial charge in [-0.3, -0.25) is 0 Å². The van der Waals surface area contributed by atoms with E-state index in [-0.39, 0.29) is 0 Å². The molecule has 1 aromatic rings. The Kier molecular flexibility index (Phi) is 4.12. The van der Waals surface area contributed by atoms with Crippen molar-refractivity contribution >= 4 is 11.7 Å². The minimum Gasteiger partial charge on any atom is -0.478 e. The lowest BCUT2D eigenvalue weighted by Gasteiger charge is -2.20. The highest BCUT2D eigenvalue weighted by molar-refractivity contribution is 5.94. The van der Waals surface area contributed by atoms with Gasteiger partial charge in [-0.15, -0.1) is 0 Å². The summed E-state index contributed by atoms with van der Waals surface area (Å²) in [7, 11) is 3.47. The molecule has 0 unspecified atom stereocenters. The number of aromatic carboxylic acids is 1. The number of hydrogen-bond acceptors (Lipinski definition) is 3. The van der Waals surface area contributed by atoms with E-state index in [0.29, 0.717) is 24.4 Å². The standard InChI is InChI=1S/C11H15NO3/c1-12(7-8-15-2)10-6-4-3-5-9(10)11(13)14/h3-6H,7-8H2,1-2H3,(H,13,14). The second-order valence-electron chi connectivity index (χ2n) is 3.24. The quantitative estimate of drug-likeness (QED) is 0.797. The molecule has 0 aliphatic rings. The fourth-order valence-electron chi connectivity index (χ4n) is 1.34. The van der Waals surface area contributed by atoms with Gasteiger partial charge in [-0.25, -0.2) is 4.79 Å². The zero-order valence-electron chi connectivity index (χ0n) is 8.93. The summed E-state index contributed by atoms with van der Waals surface area (Å²) in [5.41, 5.74) is 1.03. The van der Waals surface area contributed by atoms with Crippen LogP contribution in [0.25, 0.3) is 0 Å². The summed E-state index contributed by atoms with van der Waals surface area (Å²) in [4.78, 5) is 12.8. The van der Waals surface area contributed by atoms with E-state index in [2.05, 4.69) is 0 Å². The number of benzene rings is 1. The van der Waals surface area contributed by atoms with Crippen LogP contribution in [-0.4, -0.2) is 38.4 Å². The van der Waals surface area contributed by atoms with Gasteiger partial charge in [0.25, 0.3) is 0 Å². The lowest BCUT2D eigenvalue weighted by Crippen LogP contribution is -2.24. The van der Waals surface area contributed by atoms with E-state index < -0.39 is 5.97 Å². The Morgan fingerprint density at radius 2 is 2.13 bits per heavy atom. The van der Waals surface area contributed by atoms with Gasteiger partial charge in [0, 0.05) is 20.7 Å². The Labute approximate surface area is 89.1 Å². The van der Waals surface area contributed by atoms with E-state index in [4.69, 9.17) is 9.84 Å². The predicted molar refractivity (Wildman–Crippen MR) is 58.5 cm³/mol. The fraction of sp³-hybridized carbons (Fsp3) is 0.364. The molecule has 0 radical (unpaired) electrons. The molecule has 0 aliphatic heterocycles. The van der Waals surface area contributed by atoms with Crippen molar-refractivity contribution in [1.82, 2.24) is 0 Å². The van der Waals surface area contributed by atoms with Gasteiger partial charge in [0.05, 0.1) is 17.9 Å². The first-order valence-corrected chi connectivity index (χ1v) is 4.69. The van der Waals surface area contributed by atoms with Gasteiger partial charge < -0.3 is 14.7 Å². The van der Waals surface area contributed by atoms with E-state index in [1.54, 1.807) is 25.3 Å². The van der Waals surface area contributed by atoms with E-state index in [1.807, 2.05) is 18.0 Å². The molecule has 0 aromatic heterocycles. The van der Waals surface area contributed by atoms with Crippen molar-refractivity contribution in [1.29, 1.82) is 0 Å². The van der Waals surface area contributed by atoms with Crippen molar-refractivity contribution in [2.75, 3.05) is 32.2 Å². The zero-order valence-corrected chi connectivity index (χ0v) is 8.93. The Morgan fingerprint density at radius 1 is 1.47 bits per heavy atom. The van der Waals surface area contributed by atoms with Crippen LogP contribution in [0.1, 0.15) is 10.4 Å². The summed E-state index contributed by atoms with van der Waals surface area (Å²) >= 11 is 0. The third-order valence-corrected chi connectivity index (χ3v) is 2.18. The Balaban J connectivity index is 2.87. The molecule has 0 heterocycles. The summed E-state index contributed by atoms with van der Waals surface area (Å²) in [6, 6.07) is 6.93. The molecule has 1 N–H and O–H groups in total. The monoisotopic (exact) mass is 209 g/mol. The topological polar surface area (TPSA) is 49.8 Å². The molecule has 1 aromatic carbocycles. The molecule has 0 atom stereocenters. The molecule has 0 spiro atoms. The first-order valence-electron chi connectivity index (χ1n) is 4.69. The van der Waals surface area contributed by atoms with E-state index >= 15 is 0 Å². The Bertz CT molecular complexity index is 338. The molecule has 0 aliphatic carbocycles. The van der Waals surface area contributed by atoms with Gasteiger partial charge in [-0.05, 0) is 12.1 Å². The minimum atomic E-state index is -0.908. The van der Waals surface area contributed by atoms with Crippen LogP contribution in [0.5, 0.6) is 0 Å². The summed E-state index contributed by atoms with van der Waals surface area (Å²) in [5.74, 6) is -0.908. The van der Waals surface area contributed by atoms with Crippen LogP contribution in [-0.2, 0) is 4.74 Å². The van der Waals surface area contributed by atoms with Crippen LogP contribution in [0.4, 0.5) is 5.69 Å². The third-order valence-electron chi connectivity index (χ3n) is 2.18. The van der Waals surface area contributed by atoms with Gasteiger partial charge in [0.15, 0.2) is 0 Å². The number of anilines is 1. The third kappa shape index (κ3) is 2.95. The van der Waals surface area contributed by atoms with Crippen molar-refractivity contribution in [3.63, 3.8) is 0 Å². The summed E-state index contributed by atoms with van der Waals surface area (Å²) < 4.78 is 4.95. The van der Waals surface area contributed by atoms with E-state index in [1.165, 1.54) is 0 Å². The normalized spacial score (nSPS) is 10.0. The van der Waals surface area contributed by atoms with Crippen LogP contribution < -0.4 is 4.90 Å². The number of likely N-dealkylation sites (N-methyl/N-ethyl adjacent to an activating group) is 1. The van der Waals surface area contributed by atoms with Gasteiger partial charge >= 0.3 is 5.97 Å². The van der Waals surface area contributed by atoms with Gasteiger partial charge in [0.2, 0.25) is 0 Å². The number of carboxylic acids is 1. The van der Waals surface area contributed by atoms with Crippen molar-refractivity contribution in [3.8, 4) is 0 Å². The first-order chi connectivity index (χ1) is 7.16. The van der Waals surface area contributed by atoms with E-state index in [9.17, 15) is 4.79 Å². The lowest BCUT2D eigenvalue weighted by molar-refractivity contribution is 0.0697. The molecule has 0 fully saturated rings. The second-order valence-corrected chi connectivity index (χ2v) is 3.24. The van der Waals surface area contributed by atoms with Crippen LogP contribution in [0.2, 0.25) is 0 Å². The number of ether oxygens (including phenoxy) is 1. The number of rotatable bonds is 5. The van der Waals surface area contributed by atoms with Crippen molar-refractivity contribution in [2.24, 2.45) is 0 Å². The Morgan fingerprint density at radius 3 is 2.73 bits per heavy atom. The van der Waals surface area contributed by atoms with Crippen LogP contribution in [0.15, 0.2) is 24.3 Å². The highest BCUT2D eigenvalue weighted by atomic mass is 16.5. The van der Waals surface area contributed by atoms with Crippen molar-refractivity contribution in [2.45, 2.75) is 0 Å². The molecular formula is C11H15NO3. The minimum absolute atomic E-state index is 0.316. The van der Waals surface area contributed by atoms with E-state index in [0.717, 1.165) is 0 Å². The smallest absolute Gasteiger partial charge is 0.337 e. The Hall–Kier alpha value is -1.55. The van der Waals surface area contributed by atoms with Gasteiger partial charge in [-0.1, -0.05) is 12.1 Å². The zero-order chi connectivity index (χ0) is 11.3. The molecule has 0 bridgehead atoms. The molecule has 15 heavy (non-hydrogen) atoms. The second kappa shape index (κ2) is 5.36. The summed E-state index contributed by atoms with van der Waals surface area (Å²) in [6.45, 7) is 1.24. The molecule has 4 heteroatoms. The number of methoxy groups -OCH3 is 1. The maximum atomic E-state index is 10.9. The molecule has 0 saturated heterocycles. The highest BCUT2D eigenvalue weighted by Crippen LogP contribution is 2.18. The average Bonchev–Trinajstić information content (AvgIpc) is 2.25. The number of hydrogen-bond donors (Lipinski definition) is 1. The van der Waals surface area contributed by atoms with Crippen molar-refractivity contribution in [3.05, 3.63) is 29.8 Å². The summed E-state index contributed by atoms with van der Waals surface area (Å²) in [5, 5.41) is 8.98. The molecule has 0 amide bonds. The number of nitrogens with zero attached hydrogens (tertiary/aromatic N) is 1. The average molecular weight is 209 g/mol. The van der Waals surface area contributed by atoms with Crippen LogP contribution in [0.3, 0.4) is 0 Å².